The molecule has 0 aromatic heterocycles. The molecular weight excluding hydrogens is 202 g/mol. The number of rotatable bonds is 5. The van der Waals surface area contributed by atoms with Crippen LogP contribution in [0.4, 0.5) is 0 Å². The Morgan fingerprint density at radius 1 is 1.36 bits per heavy atom. The number of hydrogen-bond donors (Lipinski definition) is 1. The molecule has 0 fully saturated rings. The third-order valence-electron chi connectivity index (χ3n) is 1.80. The van der Waals surface area contributed by atoms with Crippen LogP contribution in [0.25, 0.3) is 0 Å². The van der Waals surface area contributed by atoms with Crippen LogP contribution in [-0.4, -0.2) is 26.4 Å². The van der Waals surface area contributed by atoms with Gasteiger partial charge in [-0.3, -0.25) is 0 Å². The molecular formula is C9H21NO3S. The van der Waals surface area contributed by atoms with E-state index in [0.29, 0.717) is 6.61 Å². The van der Waals surface area contributed by atoms with Gasteiger partial charge in [0.05, 0.1) is 18.0 Å². The number of ether oxygens (including phenoxy) is 1. The molecule has 0 aromatic rings. The van der Waals surface area contributed by atoms with Gasteiger partial charge in [-0.05, 0) is 26.7 Å². The number of hydrogen-bond acceptors (Lipinski definition) is 3. The van der Waals surface area contributed by atoms with Gasteiger partial charge in [-0.2, -0.15) is 0 Å². The molecule has 0 spiro atoms. The summed E-state index contributed by atoms with van der Waals surface area (Å²) in [5.41, 5.74) is -0.230. The van der Waals surface area contributed by atoms with Crippen molar-refractivity contribution in [3.05, 3.63) is 0 Å². The lowest BCUT2D eigenvalue weighted by Gasteiger charge is -2.23. The molecule has 0 aliphatic heterocycles. The molecule has 0 aliphatic carbocycles. The van der Waals surface area contributed by atoms with Crippen molar-refractivity contribution in [3.8, 4) is 0 Å². The van der Waals surface area contributed by atoms with Crippen molar-refractivity contribution in [1.82, 2.24) is 0 Å². The van der Waals surface area contributed by atoms with Gasteiger partial charge in [0.15, 0.2) is 0 Å². The highest BCUT2D eigenvalue weighted by atomic mass is 32.2. The van der Waals surface area contributed by atoms with Gasteiger partial charge in [-0.25, -0.2) is 13.6 Å². The zero-order chi connectivity index (χ0) is 11.4. The fourth-order valence-electron chi connectivity index (χ4n) is 0.980. The van der Waals surface area contributed by atoms with Crippen LogP contribution in [0, 0.1) is 5.92 Å². The zero-order valence-electron chi connectivity index (χ0n) is 9.41. The number of nitrogens with two attached hydrogens (primary N) is 1. The molecule has 5 heteroatoms. The third kappa shape index (κ3) is 8.47. The Morgan fingerprint density at radius 2 is 1.86 bits per heavy atom. The lowest BCUT2D eigenvalue weighted by atomic mass is 10.1. The van der Waals surface area contributed by atoms with Crippen LogP contribution in [0.1, 0.15) is 34.1 Å². The van der Waals surface area contributed by atoms with Crippen LogP contribution in [-0.2, 0) is 14.8 Å². The van der Waals surface area contributed by atoms with Crippen LogP contribution >= 0.6 is 0 Å². The van der Waals surface area contributed by atoms with Gasteiger partial charge in [-0.1, -0.05) is 13.3 Å². The van der Waals surface area contributed by atoms with E-state index in [-0.39, 0.29) is 17.3 Å². The number of sulfonamides is 1. The summed E-state index contributed by atoms with van der Waals surface area (Å²) in [5.74, 6) is -0.0104. The first-order valence-electron chi connectivity index (χ1n) is 4.78. The van der Waals surface area contributed by atoms with E-state index >= 15 is 0 Å². The van der Waals surface area contributed by atoms with Gasteiger partial charge >= 0.3 is 0 Å². The first kappa shape index (κ1) is 13.9. The monoisotopic (exact) mass is 223 g/mol. The minimum atomic E-state index is -3.38. The minimum absolute atomic E-state index is 0.000417. The molecule has 0 saturated heterocycles. The van der Waals surface area contributed by atoms with Gasteiger partial charge in [0.2, 0.25) is 10.0 Å². The number of primary sulfonamides is 1. The maximum Gasteiger partial charge on any atom is 0.209 e. The fourth-order valence-corrected chi connectivity index (χ4v) is 1.97. The van der Waals surface area contributed by atoms with E-state index in [1.54, 1.807) is 0 Å². The third-order valence-corrected chi connectivity index (χ3v) is 2.73. The molecule has 0 radical (unpaired) electrons. The summed E-state index contributed by atoms with van der Waals surface area (Å²) in [6.07, 6.45) is 0.756. The highest BCUT2D eigenvalue weighted by Gasteiger charge is 2.18. The summed E-state index contributed by atoms with van der Waals surface area (Å²) < 4.78 is 27.2. The summed E-state index contributed by atoms with van der Waals surface area (Å²) in [6.45, 7) is 8.20. The molecule has 0 amide bonds. The van der Waals surface area contributed by atoms with E-state index in [1.165, 1.54) is 0 Å². The summed E-state index contributed by atoms with van der Waals surface area (Å²) in [4.78, 5) is 0. The van der Waals surface area contributed by atoms with Crippen molar-refractivity contribution in [3.63, 3.8) is 0 Å². The van der Waals surface area contributed by atoms with Crippen molar-refractivity contribution >= 4 is 10.0 Å². The average molecular weight is 223 g/mol. The Balaban J connectivity index is 4.06. The lowest BCUT2D eigenvalue weighted by molar-refractivity contribution is -0.0194. The molecule has 0 aliphatic rings. The first-order valence-corrected chi connectivity index (χ1v) is 6.50. The van der Waals surface area contributed by atoms with Crippen molar-refractivity contribution in [2.24, 2.45) is 11.1 Å². The van der Waals surface area contributed by atoms with E-state index in [1.807, 2.05) is 27.7 Å². The Morgan fingerprint density at radius 3 is 2.14 bits per heavy atom. The van der Waals surface area contributed by atoms with E-state index < -0.39 is 10.0 Å². The second-order valence-corrected chi connectivity index (χ2v) is 6.19. The molecule has 0 aromatic carbocycles. The van der Waals surface area contributed by atoms with Crippen molar-refractivity contribution in [1.29, 1.82) is 0 Å². The van der Waals surface area contributed by atoms with E-state index in [9.17, 15) is 8.42 Å². The van der Waals surface area contributed by atoms with Gasteiger partial charge in [0, 0.05) is 0 Å². The SMILES string of the molecule is CCC(COC(C)(C)C)CS(N)(=O)=O. The highest BCUT2D eigenvalue weighted by Crippen LogP contribution is 2.12. The van der Waals surface area contributed by atoms with Crippen LogP contribution in [0.5, 0.6) is 0 Å². The highest BCUT2D eigenvalue weighted by molar-refractivity contribution is 7.89. The van der Waals surface area contributed by atoms with Gasteiger partial charge in [0.1, 0.15) is 0 Å². The molecule has 14 heavy (non-hydrogen) atoms. The van der Waals surface area contributed by atoms with Crippen LogP contribution in [0.2, 0.25) is 0 Å². The molecule has 0 bridgehead atoms. The standard InChI is InChI=1S/C9H21NO3S/c1-5-8(7-14(10,11)12)6-13-9(2,3)4/h8H,5-7H2,1-4H3,(H2,10,11,12). The van der Waals surface area contributed by atoms with E-state index in [0.717, 1.165) is 6.42 Å². The predicted octanol–water partition coefficient (Wildman–Crippen LogP) is 1.12. The Labute approximate surface area is 86.9 Å². The molecule has 0 rings (SSSR count). The molecule has 86 valence electrons. The zero-order valence-corrected chi connectivity index (χ0v) is 10.2. The minimum Gasteiger partial charge on any atom is -0.376 e. The largest absolute Gasteiger partial charge is 0.376 e. The Kier molecular flexibility index (Phi) is 5.05. The van der Waals surface area contributed by atoms with Crippen LogP contribution in [0.15, 0.2) is 0 Å². The molecule has 1 unspecified atom stereocenters. The lowest BCUT2D eigenvalue weighted by Crippen LogP contribution is -2.29. The topological polar surface area (TPSA) is 69.4 Å². The quantitative estimate of drug-likeness (QED) is 0.759. The molecule has 1 atom stereocenters. The van der Waals surface area contributed by atoms with Crippen molar-refractivity contribution < 1.29 is 13.2 Å². The summed E-state index contributed by atoms with van der Waals surface area (Å²) in [5, 5.41) is 4.97. The average Bonchev–Trinajstić information content (AvgIpc) is 1.94. The maximum absolute atomic E-state index is 10.8. The first-order chi connectivity index (χ1) is 6.14. The normalized spacial score (nSPS) is 15.5. The Hall–Kier alpha value is -0.130. The summed E-state index contributed by atoms with van der Waals surface area (Å²) in [6, 6.07) is 0. The van der Waals surface area contributed by atoms with E-state index in [4.69, 9.17) is 9.88 Å². The summed E-state index contributed by atoms with van der Waals surface area (Å²) >= 11 is 0. The van der Waals surface area contributed by atoms with Crippen molar-refractivity contribution in [2.75, 3.05) is 12.4 Å². The van der Waals surface area contributed by atoms with Crippen LogP contribution < -0.4 is 5.14 Å². The fraction of sp³-hybridized carbons (Fsp3) is 1.00. The van der Waals surface area contributed by atoms with Crippen molar-refractivity contribution in [2.45, 2.75) is 39.7 Å². The van der Waals surface area contributed by atoms with Gasteiger partial charge in [0.25, 0.3) is 0 Å². The van der Waals surface area contributed by atoms with E-state index in [2.05, 4.69) is 0 Å². The summed E-state index contributed by atoms with van der Waals surface area (Å²) in [7, 11) is -3.38. The second-order valence-electron chi connectivity index (χ2n) is 4.53. The Bertz CT molecular complexity index is 254. The molecule has 0 heterocycles. The predicted molar refractivity (Wildman–Crippen MR) is 57.5 cm³/mol. The molecule has 0 saturated carbocycles. The maximum atomic E-state index is 10.8. The van der Waals surface area contributed by atoms with Gasteiger partial charge < -0.3 is 4.74 Å². The molecule has 2 N–H and O–H groups in total. The van der Waals surface area contributed by atoms with Crippen LogP contribution in [0.3, 0.4) is 0 Å². The molecule has 4 nitrogen and oxygen atoms in total. The second kappa shape index (κ2) is 5.09. The van der Waals surface area contributed by atoms with Gasteiger partial charge in [-0.15, -0.1) is 0 Å². The smallest absolute Gasteiger partial charge is 0.209 e.